The predicted octanol–water partition coefficient (Wildman–Crippen LogP) is 2.01. The van der Waals surface area contributed by atoms with Crippen molar-refractivity contribution in [1.29, 1.82) is 0 Å². The van der Waals surface area contributed by atoms with Crippen molar-refractivity contribution in [3.63, 3.8) is 0 Å². The van der Waals surface area contributed by atoms with Gasteiger partial charge in [0.1, 0.15) is 5.41 Å². The third-order valence-electron chi connectivity index (χ3n) is 3.83. The highest BCUT2D eigenvalue weighted by Gasteiger charge is 2.46. The number of hydrogen-bond acceptors (Lipinski definition) is 4. The Morgan fingerprint density at radius 1 is 1.39 bits per heavy atom. The van der Waals surface area contributed by atoms with Crippen molar-refractivity contribution >= 4 is 23.6 Å². The lowest BCUT2D eigenvalue weighted by atomic mass is 9.88. The van der Waals surface area contributed by atoms with Crippen molar-refractivity contribution in [3.05, 3.63) is 29.8 Å². The van der Waals surface area contributed by atoms with E-state index in [0.29, 0.717) is 17.9 Å². The number of methoxy groups -OCH3 is 1. The Morgan fingerprint density at radius 3 is 2.74 bits per heavy atom. The van der Waals surface area contributed by atoms with Gasteiger partial charge < -0.3 is 14.7 Å². The van der Waals surface area contributed by atoms with Crippen LogP contribution in [0, 0.1) is 17.0 Å². The van der Waals surface area contributed by atoms with Gasteiger partial charge in [-0.15, -0.1) is 11.8 Å². The van der Waals surface area contributed by atoms with E-state index in [2.05, 4.69) is 0 Å². The highest BCUT2D eigenvalue weighted by molar-refractivity contribution is 8.00. The van der Waals surface area contributed by atoms with Gasteiger partial charge in [-0.1, -0.05) is 0 Å². The quantitative estimate of drug-likeness (QED) is 0.799. The number of amides is 1. The van der Waals surface area contributed by atoms with E-state index in [1.54, 1.807) is 0 Å². The maximum Gasteiger partial charge on any atom is 0.313 e. The molecule has 8 heteroatoms. The highest BCUT2D eigenvalue weighted by Crippen LogP contribution is 2.32. The minimum Gasteiger partial charge on any atom is -0.481 e. The normalized spacial score (nSPS) is 20.7. The molecule has 5 nitrogen and oxygen atoms in total. The van der Waals surface area contributed by atoms with Crippen LogP contribution in [0.1, 0.15) is 6.42 Å². The van der Waals surface area contributed by atoms with Crippen LogP contribution < -0.4 is 0 Å². The minimum atomic E-state index is -1.07. The summed E-state index contributed by atoms with van der Waals surface area (Å²) >= 11 is 1.08. The monoisotopic (exact) mass is 345 g/mol. The van der Waals surface area contributed by atoms with Crippen LogP contribution in [-0.2, 0) is 14.3 Å². The van der Waals surface area contributed by atoms with Crippen LogP contribution in [0.15, 0.2) is 23.1 Å². The zero-order chi connectivity index (χ0) is 17.0. The maximum atomic E-state index is 13.1. The first-order valence-electron chi connectivity index (χ1n) is 6.96. The molecule has 1 amide bonds. The molecular weight excluding hydrogens is 328 g/mol. The molecule has 0 spiro atoms. The van der Waals surface area contributed by atoms with Crippen LogP contribution in [0.3, 0.4) is 0 Å². The Hall–Kier alpha value is -1.67. The molecule has 1 saturated heterocycles. The van der Waals surface area contributed by atoms with Crippen LogP contribution in [-0.4, -0.2) is 54.4 Å². The van der Waals surface area contributed by atoms with Crippen molar-refractivity contribution in [3.8, 4) is 0 Å². The molecule has 1 aliphatic rings. The molecule has 1 atom stereocenters. The molecule has 1 aromatic carbocycles. The summed E-state index contributed by atoms with van der Waals surface area (Å²) in [4.78, 5) is 25.5. The second-order valence-corrected chi connectivity index (χ2v) is 6.50. The molecular formula is C15H17F2NO4S. The smallest absolute Gasteiger partial charge is 0.313 e. The van der Waals surface area contributed by atoms with Gasteiger partial charge in [-0.3, -0.25) is 9.59 Å². The van der Waals surface area contributed by atoms with Gasteiger partial charge in [0.25, 0.3) is 0 Å². The molecule has 0 radical (unpaired) electrons. The zero-order valence-corrected chi connectivity index (χ0v) is 13.4. The van der Waals surface area contributed by atoms with Crippen molar-refractivity contribution in [1.82, 2.24) is 4.90 Å². The summed E-state index contributed by atoms with van der Waals surface area (Å²) in [7, 11) is 1.42. The third kappa shape index (κ3) is 4.00. The van der Waals surface area contributed by atoms with Gasteiger partial charge in [-0.05, 0) is 24.6 Å². The summed E-state index contributed by atoms with van der Waals surface area (Å²) < 4.78 is 30.9. The van der Waals surface area contributed by atoms with E-state index in [-0.39, 0.29) is 24.8 Å². The summed E-state index contributed by atoms with van der Waals surface area (Å²) in [6, 6.07) is 3.43. The highest BCUT2D eigenvalue weighted by atomic mass is 32.2. The number of carbonyl (C=O) groups excluding carboxylic acids is 1. The molecule has 1 aromatic rings. The number of likely N-dealkylation sites (tertiary alicyclic amines) is 1. The fraction of sp³-hybridized carbons (Fsp3) is 0.467. The Labute approximate surface area is 136 Å². The summed E-state index contributed by atoms with van der Waals surface area (Å²) in [6.45, 7) is 0.475. The number of thioether (sulfide) groups is 1. The largest absolute Gasteiger partial charge is 0.481 e. The fourth-order valence-corrected chi connectivity index (χ4v) is 3.34. The molecule has 1 aliphatic heterocycles. The lowest BCUT2D eigenvalue weighted by Crippen LogP contribution is -2.40. The molecule has 0 aliphatic carbocycles. The van der Waals surface area contributed by atoms with Gasteiger partial charge in [-0.2, -0.15) is 0 Å². The van der Waals surface area contributed by atoms with Crippen molar-refractivity contribution < 1.29 is 28.2 Å². The SMILES string of the molecule is COCC1(C(=O)O)CCN(C(=O)CSc2ccc(F)c(F)c2)C1. The molecule has 1 heterocycles. The molecule has 2 rings (SSSR count). The molecule has 1 fully saturated rings. The fourth-order valence-electron chi connectivity index (χ4n) is 2.52. The molecule has 0 bridgehead atoms. The van der Waals surface area contributed by atoms with Crippen LogP contribution >= 0.6 is 11.8 Å². The summed E-state index contributed by atoms with van der Waals surface area (Å²) in [5, 5.41) is 9.36. The first-order valence-corrected chi connectivity index (χ1v) is 7.94. The lowest BCUT2D eigenvalue weighted by molar-refractivity contribution is -0.151. The van der Waals surface area contributed by atoms with Gasteiger partial charge in [0.2, 0.25) is 5.91 Å². The number of rotatable bonds is 6. The van der Waals surface area contributed by atoms with Crippen molar-refractivity contribution in [2.75, 3.05) is 32.6 Å². The van der Waals surface area contributed by atoms with Crippen LogP contribution in [0.2, 0.25) is 0 Å². The number of carboxylic acids is 1. The number of benzene rings is 1. The van der Waals surface area contributed by atoms with Crippen molar-refractivity contribution in [2.45, 2.75) is 11.3 Å². The van der Waals surface area contributed by atoms with E-state index in [0.717, 1.165) is 23.9 Å². The van der Waals surface area contributed by atoms with Crippen LogP contribution in [0.5, 0.6) is 0 Å². The van der Waals surface area contributed by atoms with Gasteiger partial charge in [-0.25, -0.2) is 8.78 Å². The Balaban J connectivity index is 1.94. The average molecular weight is 345 g/mol. The van der Waals surface area contributed by atoms with Gasteiger partial charge >= 0.3 is 5.97 Å². The number of hydrogen-bond donors (Lipinski definition) is 1. The zero-order valence-electron chi connectivity index (χ0n) is 12.6. The summed E-state index contributed by atoms with van der Waals surface area (Å²) in [6.07, 6.45) is 0.331. The Bertz CT molecular complexity index is 613. The van der Waals surface area contributed by atoms with E-state index in [4.69, 9.17) is 4.74 Å². The standard InChI is InChI=1S/C15H17F2NO4S/c1-22-9-15(14(20)21)4-5-18(8-15)13(19)7-23-10-2-3-11(16)12(17)6-10/h2-3,6H,4-5,7-9H2,1H3,(H,20,21). The summed E-state index contributed by atoms with van der Waals surface area (Å²) in [5.74, 6) is -3.09. The van der Waals surface area contributed by atoms with E-state index in [1.165, 1.54) is 18.1 Å². The van der Waals surface area contributed by atoms with Crippen molar-refractivity contribution in [2.24, 2.45) is 5.41 Å². The number of ether oxygens (including phenoxy) is 1. The molecule has 1 unspecified atom stereocenters. The van der Waals surface area contributed by atoms with E-state index >= 15 is 0 Å². The molecule has 126 valence electrons. The summed E-state index contributed by atoms with van der Waals surface area (Å²) in [5.41, 5.74) is -1.07. The second-order valence-electron chi connectivity index (χ2n) is 5.45. The third-order valence-corrected chi connectivity index (χ3v) is 4.81. The predicted molar refractivity (Wildman–Crippen MR) is 80.2 cm³/mol. The number of carbonyl (C=O) groups is 2. The molecule has 0 aromatic heterocycles. The maximum absolute atomic E-state index is 13.1. The molecule has 0 saturated carbocycles. The first-order chi connectivity index (χ1) is 10.9. The van der Waals surface area contributed by atoms with E-state index in [1.807, 2.05) is 0 Å². The second kappa shape index (κ2) is 7.27. The Kier molecular flexibility index (Phi) is 5.59. The van der Waals surface area contributed by atoms with E-state index in [9.17, 15) is 23.5 Å². The molecule has 1 N–H and O–H groups in total. The number of carboxylic acid groups (broad SMARTS) is 1. The van der Waals surface area contributed by atoms with Crippen LogP contribution in [0.25, 0.3) is 0 Å². The first kappa shape index (κ1) is 17.7. The average Bonchev–Trinajstić information content (AvgIpc) is 2.94. The molecule has 23 heavy (non-hydrogen) atoms. The van der Waals surface area contributed by atoms with Gasteiger partial charge in [0.05, 0.1) is 12.4 Å². The van der Waals surface area contributed by atoms with Gasteiger partial charge in [0.15, 0.2) is 11.6 Å². The number of aliphatic carboxylic acids is 1. The van der Waals surface area contributed by atoms with Gasteiger partial charge in [0, 0.05) is 25.1 Å². The topological polar surface area (TPSA) is 66.8 Å². The van der Waals surface area contributed by atoms with Crippen LogP contribution in [0.4, 0.5) is 8.78 Å². The number of nitrogens with zero attached hydrogens (tertiary/aromatic N) is 1. The Morgan fingerprint density at radius 2 is 2.13 bits per heavy atom. The minimum absolute atomic E-state index is 0.0355. The van der Waals surface area contributed by atoms with E-state index < -0.39 is 23.0 Å². The lowest BCUT2D eigenvalue weighted by Gasteiger charge is -2.23. The number of halogens is 2.